The first-order chi connectivity index (χ1) is 69.4. The number of hydrogen-bond acceptors (Lipinski definition) is 46. The third-order valence-electron chi connectivity index (χ3n) is 24.2. The van der Waals surface area contributed by atoms with Gasteiger partial charge in [-0.2, -0.15) is 19.9 Å². The molecule has 62 nitrogen and oxygen atoms in total. The van der Waals surface area contributed by atoms with Crippen LogP contribution in [0, 0.1) is 0 Å². The Bertz CT molecular complexity index is 7600. The van der Waals surface area contributed by atoms with Gasteiger partial charge in [0.05, 0.1) is 84.0 Å². The summed E-state index contributed by atoms with van der Waals surface area (Å²) in [5.74, 6) is -1.47. The Hall–Kier alpha value is -11.5. The SMILES string of the molecule is CC(C)(C)[Si](c1ccccc1)c1ccccc1.COCCc1cn(C2CC(OP(=O)(O)OCC3OC(n4cnc5c(=O)[nH]c(N)nc54)CC3OP(=O)(O)OCC3OC(n4cnc5c(=O)[nH]c(N)nc54)CC3OP(=O)(O)OCC3OC(n4cnc5c(=O)[nH]c(N)nc54)CC3OP(=O)(O)OCC3OC(n4cnc5c(N)ncnc54)CC3OP(=O)(O)OCC3OC(n4cnc5c(=O)[nH]c(N)nc54)CC3O)C(CO)O2)c(=O)[nH]c1=O. The Morgan fingerprint density at radius 2 is 0.699 bits per heavy atom. The number of fused-ring (bicyclic) bond motifs is 5. The van der Waals surface area contributed by atoms with Crippen molar-refractivity contribution in [1.29, 1.82) is 0 Å². The fourth-order valence-electron chi connectivity index (χ4n) is 17.6. The molecule has 0 aliphatic carbocycles. The first kappa shape index (κ1) is 104. The number of aliphatic hydroxyl groups is 2. The van der Waals surface area contributed by atoms with Crippen LogP contribution in [0.15, 0.2) is 134 Å². The number of imidazole rings is 5. The van der Waals surface area contributed by atoms with Crippen LogP contribution < -0.4 is 72.5 Å². The number of ether oxygens (including phenoxy) is 7. The maximum absolute atomic E-state index is 14.7. The van der Waals surface area contributed by atoms with Crippen molar-refractivity contribution in [1.82, 2.24) is 107 Å². The Labute approximate surface area is 819 Å². The number of nitrogens with one attached hydrogen (secondary N) is 5. The van der Waals surface area contributed by atoms with Crippen LogP contribution in [-0.4, -0.2) is 277 Å². The van der Waals surface area contributed by atoms with Gasteiger partial charge in [0.25, 0.3) is 27.8 Å². The summed E-state index contributed by atoms with van der Waals surface area (Å²) in [4.78, 5) is 192. The van der Waals surface area contributed by atoms with Gasteiger partial charge in [0, 0.05) is 63.8 Å². The number of methoxy groups -OCH3 is 1. The number of benzene rings is 2. The quantitative estimate of drug-likeness (QED) is 0.0175. The summed E-state index contributed by atoms with van der Waals surface area (Å²) in [6.07, 6.45) is -21.7. The van der Waals surface area contributed by atoms with E-state index in [1.807, 2.05) is 0 Å². The summed E-state index contributed by atoms with van der Waals surface area (Å²) in [6, 6.07) is 21.9. The van der Waals surface area contributed by atoms with Crippen molar-refractivity contribution in [2.45, 2.75) is 181 Å². The Morgan fingerprint density at radius 3 is 1.03 bits per heavy atom. The molecule has 22 N–H and O–H groups in total. The fraction of sp³-hybridized carbons (Fsp3) is 0.474. The molecule has 13 aromatic rings. The zero-order chi connectivity index (χ0) is 104. The number of phosphoric ester groups is 5. The van der Waals surface area contributed by atoms with Crippen molar-refractivity contribution >= 4 is 144 Å². The average Bonchev–Trinajstić information content (AvgIpc) is 1.64. The van der Waals surface area contributed by atoms with Crippen LogP contribution in [0.1, 0.15) is 102 Å². The number of nitrogen functional groups attached to an aromatic ring is 5. The summed E-state index contributed by atoms with van der Waals surface area (Å²) >= 11 is 0. The molecule has 146 heavy (non-hydrogen) atoms. The van der Waals surface area contributed by atoms with Crippen LogP contribution in [0.2, 0.25) is 5.04 Å². The van der Waals surface area contributed by atoms with E-state index in [9.17, 15) is 86.3 Å². The van der Waals surface area contributed by atoms with Gasteiger partial charge in [-0.15, -0.1) is 0 Å². The van der Waals surface area contributed by atoms with Gasteiger partial charge >= 0.3 is 44.8 Å². The zero-order valence-electron chi connectivity index (χ0n) is 76.9. The minimum atomic E-state index is -5.68. The Morgan fingerprint density at radius 1 is 0.397 bits per heavy atom. The first-order valence-electron chi connectivity index (χ1n) is 44.5. The molecule has 0 amide bonds. The Kier molecular flexibility index (Phi) is 30.2. The van der Waals surface area contributed by atoms with Gasteiger partial charge in [0.15, 0.2) is 56.1 Å². The van der Waals surface area contributed by atoms with Gasteiger partial charge in [-0.3, -0.25) is 122 Å². The molecule has 6 saturated heterocycles. The molecule has 19 rings (SSSR count). The van der Waals surface area contributed by atoms with Crippen molar-refractivity contribution in [3.05, 3.63) is 173 Å². The van der Waals surface area contributed by atoms with Gasteiger partial charge in [-0.05, 0) is 5.04 Å². The van der Waals surface area contributed by atoms with E-state index in [0.717, 1.165) is 39.0 Å². The van der Waals surface area contributed by atoms with Crippen molar-refractivity contribution in [2.24, 2.45) is 0 Å². The second-order valence-electron chi connectivity index (χ2n) is 35.1. The lowest BCUT2D eigenvalue weighted by molar-refractivity contribution is -0.0640. The number of hydrogen-bond donors (Lipinski definition) is 17. The molecular formula is C78H97N27O35P5Si. The lowest BCUT2D eigenvalue weighted by Crippen LogP contribution is -2.48. The van der Waals surface area contributed by atoms with E-state index < -0.39 is 263 Å². The molecule has 6 aliphatic rings. The fourth-order valence-corrected chi connectivity index (χ4v) is 25.5. The van der Waals surface area contributed by atoms with Crippen molar-refractivity contribution < 1.29 is 136 Å². The summed E-state index contributed by atoms with van der Waals surface area (Å²) in [5, 5.41) is 24.7. The van der Waals surface area contributed by atoms with E-state index in [-0.39, 0.29) is 111 Å². The molecular weight excluding hydrogens is 2060 g/mol. The van der Waals surface area contributed by atoms with Gasteiger partial charge in [-0.25, -0.2) is 62.5 Å². The number of nitrogens with zero attached hydrogens (tertiary/aromatic N) is 17. The van der Waals surface area contributed by atoms with E-state index in [1.165, 1.54) is 50.0 Å². The molecule has 0 saturated carbocycles. The maximum Gasteiger partial charge on any atom is 0.472 e. The third-order valence-corrected chi connectivity index (χ3v) is 32.6. The second-order valence-corrected chi connectivity index (χ2v) is 45.5. The van der Waals surface area contributed by atoms with E-state index in [2.05, 4.69) is 161 Å². The van der Waals surface area contributed by atoms with Gasteiger partial charge in [0.2, 0.25) is 23.8 Å². The zero-order valence-corrected chi connectivity index (χ0v) is 82.4. The summed E-state index contributed by atoms with van der Waals surface area (Å²) in [5.41, 5.74) is 23.6. The maximum atomic E-state index is 14.7. The topological polar surface area (TPSA) is 867 Å². The van der Waals surface area contributed by atoms with Crippen molar-refractivity contribution in [3.63, 3.8) is 0 Å². The van der Waals surface area contributed by atoms with E-state index in [1.54, 1.807) is 0 Å². The van der Waals surface area contributed by atoms with Gasteiger partial charge < -0.3 is 96.5 Å². The molecule has 23 unspecified atom stereocenters. The third kappa shape index (κ3) is 23.2. The van der Waals surface area contributed by atoms with Crippen molar-refractivity contribution in [3.8, 4) is 0 Å². The predicted octanol–water partition coefficient (Wildman–Crippen LogP) is -0.306. The average molecular weight is 2160 g/mol. The van der Waals surface area contributed by atoms with Gasteiger partial charge in [-0.1, -0.05) is 91.8 Å². The number of phosphoric acid groups is 5. The minimum Gasteiger partial charge on any atom is -0.394 e. The normalized spacial score (nSPS) is 26.6. The highest BCUT2D eigenvalue weighted by Crippen LogP contribution is 2.57. The number of aliphatic hydroxyl groups excluding tert-OH is 2. The number of rotatable bonds is 37. The largest absolute Gasteiger partial charge is 0.472 e. The second kappa shape index (κ2) is 42.2. The van der Waals surface area contributed by atoms with Crippen molar-refractivity contribution in [2.75, 3.05) is 82.0 Å². The van der Waals surface area contributed by atoms with Crippen LogP contribution in [0.4, 0.5) is 29.6 Å². The molecule has 17 heterocycles. The lowest BCUT2D eigenvalue weighted by atomic mass is 10.2. The molecule has 68 heteroatoms. The number of nitrogens with two attached hydrogens (primary N) is 5. The molecule has 0 bridgehead atoms. The van der Waals surface area contributed by atoms with Crippen LogP contribution >= 0.6 is 39.1 Å². The number of H-pyrrole nitrogens is 5. The van der Waals surface area contributed by atoms with Crippen LogP contribution in [-0.2, 0) is 108 Å². The number of aromatic nitrogens is 22. The highest BCUT2D eigenvalue weighted by Gasteiger charge is 2.52. The van der Waals surface area contributed by atoms with Gasteiger partial charge in [0.1, 0.15) is 125 Å². The number of aromatic amines is 5. The van der Waals surface area contributed by atoms with Crippen LogP contribution in [0.3, 0.4) is 0 Å². The summed E-state index contributed by atoms with van der Waals surface area (Å²) in [7, 11) is -26.9. The molecule has 1 radical (unpaired) electrons. The highest BCUT2D eigenvalue weighted by atomic mass is 31.2. The molecule has 6 fully saturated rings. The first-order valence-corrected chi connectivity index (χ1v) is 53.5. The molecule has 0 spiro atoms. The number of anilines is 5. The monoisotopic (exact) mass is 2150 g/mol. The molecule has 11 aromatic heterocycles. The lowest BCUT2D eigenvalue weighted by Gasteiger charge is -2.29. The van der Waals surface area contributed by atoms with E-state index in [0.29, 0.717) is 5.04 Å². The summed E-state index contributed by atoms with van der Waals surface area (Å²) in [6.45, 7) is 1.17. The van der Waals surface area contributed by atoms with Crippen LogP contribution in [0.25, 0.3) is 55.8 Å². The standard InChI is InChI=1S/C62H78N27O35P5.C16H19Si/c1-108-3-2-23-10-84(62(97)83-53(23)92)37-5-25(30(11-90)114-37)120-126(100,101)110-14-33-27(7-39(117-33)87-20-72-44-50(87)76-59(65)80-55(44)94)122-128(104,105)112-16-35-29(9-41(119-35)89-22-74-46-52(89)78-61(67)82-57(46)96)124-129(106,107)113-15-34-28(8-40(118-34)88-21-73-45-51(88)77-60(66)81-56(45)95)123-127(102,103)111-13-32-26(6-38(116-32)85-18-70-42-47(63)68-17-69-48(42)85)121-125(98,99)109-12-31-24(91)4-36(115-31)86-19-71-43-49(86)75-58(64)79-54(43)93;1-16(2,3)17(14-10-6-4-7-11-14)15-12-8-5-9-13-15/h10,17-22,24-41,90-91H,2-9,11-16H2,1H3,(H,98,99)(H,100,101)(H,102,103)(H,104,105)(H,106,107)(H2,63,68,69)(H,83,92,97)(H3,64,75,79,93)(H3,65,76,80,94)(H3,66,77,81,95)(H3,67,78,82,96);4-13H,1-3H3. The molecule has 23 atom stereocenters. The Balaban J connectivity index is 0.000000744. The minimum absolute atomic E-state index is 0.00132. The highest BCUT2D eigenvalue weighted by molar-refractivity contribution is 7.48. The van der Waals surface area contributed by atoms with E-state index >= 15 is 0 Å². The molecule has 783 valence electrons. The predicted molar refractivity (Wildman–Crippen MR) is 502 cm³/mol. The smallest absolute Gasteiger partial charge is 0.394 e. The van der Waals surface area contributed by atoms with Crippen LogP contribution in [0.5, 0.6) is 0 Å². The molecule has 2 aromatic carbocycles. The van der Waals surface area contributed by atoms with E-state index in [4.69, 9.17) is 107 Å². The molecule has 6 aliphatic heterocycles. The summed E-state index contributed by atoms with van der Waals surface area (Å²) < 4.78 is 176.